The first-order chi connectivity index (χ1) is 10.0. The molecule has 0 unspecified atom stereocenters. The van der Waals surface area contributed by atoms with Crippen molar-refractivity contribution in [3.8, 4) is 17.2 Å². The van der Waals surface area contributed by atoms with Crippen LogP contribution in [0.5, 0.6) is 17.2 Å². The number of non-ortho nitro benzene ring substituents is 1. The molecule has 2 rings (SSSR count). The molecule has 0 heterocycles. The lowest BCUT2D eigenvalue weighted by atomic mass is 10.2. The van der Waals surface area contributed by atoms with Crippen LogP contribution in [-0.4, -0.2) is 17.1 Å². The topological polar surface area (TPSA) is 81.8 Å². The van der Waals surface area contributed by atoms with Crippen molar-refractivity contribution < 1.29 is 19.5 Å². The summed E-state index contributed by atoms with van der Waals surface area (Å²) < 4.78 is 11.5. The van der Waals surface area contributed by atoms with E-state index in [1.54, 1.807) is 18.2 Å². The Bertz CT molecular complexity index is 674. The normalized spacial score (nSPS) is 10.2. The van der Waals surface area contributed by atoms with Crippen LogP contribution in [0.1, 0.15) is 5.56 Å². The van der Waals surface area contributed by atoms with Gasteiger partial charge >= 0.3 is 0 Å². The highest BCUT2D eigenvalue weighted by Crippen LogP contribution is 2.35. The molecule has 0 aromatic heterocycles. The smallest absolute Gasteiger partial charge is 0.273 e. The summed E-state index contributed by atoms with van der Waals surface area (Å²) in [6, 6.07) is 9.23. The number of aliphatic hydroxyl groups is 1. The maximum absolute atomic E-state index is 10.7. The minimum atomic E-state index is -0.501. The summed E-state index contributed by atoms with van der Waals surface area (Å²) in [4.78, 5) is 10.2. The average molecular weight is 354 g/mol. The van der Waals surface area contributed by atoms with Gasteiger partial charge in [0.25, 0.3) is 5.69 Å². The number of ether oxygens (including phenoxy) is 2. The van der Waals surface area contributed by atoms with Crippen LogP contribution in [0.2, 0.25) is 0 Å². The Hall–Kier alpha value is -2.12. The Balaban J connectivity index is 2.30. The number of benzene rings is 2. The van der Waals surface area contributed by atoms with Gasteiger partial charge in [-0.3, -0.25) is 10.1 Å². The molecule has 0 aliphatic carbocycles. The predicted octanol–water partition coefficient (Wildman–Crippen LogP) is 3.65. The fraction of sp³-hybridized carbons (Fsp3) is 0.143. The number of rotatable bonds is 5. The molecule has 7 heteroatoms. The summed E-state index contributed by atoms with van der Waals surface area (Å²) in [7, 11) is 1.41. The lowest BCUT2D eigenvalue weighted by Gasteiger charge is -2.11. The minimum absolute atomic E-state index is 0.0731. The second-order valence-corrected chi connectivity index (χ2v) is 4.96. The summed E-state index contributed by atoms with van der Waals surface area (Å²) >= 11 is 3.33. The highest BCUT2D eigenvalue weighted by atomic mass is 79.9. The van der Waals surface area contributed by atoms with Crippen LogP contribution in [0.4, 0.5) is 5.69 Å². The zero-order valence-corrected chi connectivity index (χ0v) is 12.7. The van der Waals surface area contributed by atoms with Gasteiger partial charge in [0.15, 0.2) is 11.5 Å². The second kappa shape index (κ2) is 6.55. The molecular weight excluding hydrogens is 342 g/mol. The summed E-state index contributed by atoms with van der Waals surface area (Å²) in [5, 5.41) is 19.8. The van der Waals surface area contributed by atoms with Crippen LogP contribution < -0.4 is 9.47 Å². The van der Waals surface area contributed by atoms with Crippen molar-refractivity contribution in [3.05, 3.63) is 56.5 Å². The van der Waals surface area contributed by atoms with E-state index in [1.807, 2.05) is 0 Å². The van der Waals surface area contributed by atoms with Crippen molar-refractivity contribution >= 4 is 21.6 Å². The van der Waals surface area contributed by atoms with E-state index in [4.69, 9.17) is 14.6 Å². The Kier molecular flexibility index (Phi) is 4.77. The fourth-order valence-electron chi connectivity index (χ4n) is 1.70. The van der Waals surface area contributed by atoms with Gasteiger partial charge in [-0.2, -0.15) is 0 Å². The first-order valence-electron chi connectivity index (χ1n) is 5.94. The SMILES string of the molecule is COc1cc([N+](=O)[O-])ccc1Oc1ccc(CO)c(Br)c1. The van der Waals surface area contributed by atoms with Gasteiger partial charge in [0, 0.05) is 10.5 Å². The Labute approximate surface area is 129 Å². The summed E-state index contributed by atoms with van der Waals surface area (Å²) in [5.41, 5.74) is 0.661. The van der Waals surface area contributed by atoms with Crippen LogP contribution >= 0.6 is 15.9 Å². The lowest BCUT2D eigenvalue weighted by Crippen LogP contribution is -1.94. The number of methoxy groups -OCH3 is 1. The van der Waals surface area contributed by atoms with Gasteiger partial charge in [0.05, 0.1) is 24.7 Å². The molecule has 6 nitrogen and oxygen atoms in total. The van der Waals surface area contributed by atoms with Crippen molar-refractivity contribution in [2.45, 2.75) is 6.61 Å². The average Bonchev–Trinajstić information content (AvgIpc) is 2.47. The van der Waals surface area contributed by atoms with E-state index in [2.05, 4.69) is 15.9 Å². The molecule has 0 atom stereocenters. The zero-order chi connectivity index (χ0) is 15.4. The third-order valence-electron chi connectivity index (χ3n) is 2.78. The first kappa shape index (κ1) is 15.3. The van der Waals surface area contributed by atoms with Crippen molar-refractivity contribution in [2.75, 3.05) is 7.11 Å². The van der Waals surface area contributed by atoms with Crippen molar-refractivity contribution in [2.24, 2.45) is 0 Å². The van der Waals surface area contributed by atoms with Gasteiger partial charge in [-0.1, -0.05) is 22.0 Å². The number of nitro groups is 1. The predicted molar refractivity (Wildman–Crippen MR) is 79.8 cm³/mol. The van der Waals surface area contributed by atoms with Crippen molar-refractivity contribution in [1.82, 2.24) is 0 Å². The molecule has 110 valence electrons. The molecule has 0 bridgehead atoms. The van der Waals surface area contributed by atoms with Crippen LogP contribution in [0, 0.1) is 10.1 Å². The molecule has 0 radical (unpaired) electrons. The number of nitrogens with zero attached hydrogens (tertiary/aromatic N) is 1. The van der Waals surface area contributed by atoms with Crippen molar-refractivity contribution in [1.29, 1.82) is 0 Å². The van der Waals surface area contributed by atoms with E-state index in [-0.39, 0.29) is 18.0 Å². The zero-order valence-electron chi connectivity index (χ0n) is 11.1. The van der Waals surface area contributed by atoms with E-state index in [9.17, 15) is 10.1 Å². The standard InChI is InChI=1S/C14H12BrNO5/c1-20-14-6-10(16(18)19)3-5-13(14)21-11-4-2-9(8-17)12(15)7-11/h2-7,17H,8H2,1H3. The quantitative estimate of drug-likeness (QED) is 0.655. The van der Waals surface area contributed by atoms with Gasteiger partial charge in [-0.15, -0.1) is 0 Å². The van der Waals surface area contributed by atoms with Gasteiger partial charge in [-0.25, -0.2) is 0 Å². The Morgan fingerprint density at radius 2 is 2.00 bits per heavy atom. The van der Waals surface area contributed by atoms with Crippen LogP contribution in [-0.2, 0) is 6.61 Å². The third kappa shape index (κ3) is 3.50. The molecule has 2 aromatic carbocycles. The molecule has 0 saturated carbocycles. The van der Waals surface area contributed by atoms with Crippen LogP contribution in [0.25, 0.3) is 0 Å². The second-order valence-electron chi connectivity index (χ2n) is 4.11. The molecule has 0 aliphatic rings. The largest absolute Gasteiger partial charge is 0.493 e. The van der Waals surface area contributed by atoms with E-state index in [1.165, 1.54) is 25.3 Å². The van der Waals surface area contributed by atoms with Crippen molar-refractivity contribution in [3.63, 3.8) is 0 Å². The molecular formula is C14H12BrNO5. The third-order valence-corrected chi connectivity index (χ3v) is 3.52. The highest BCUT2D eigenvalue weighted by Gasteiger charge is 2.13. The van der Waals surface area contributed by atoms with Gasteiger partial charge in [0.2, 0.25) is 0 Å². The van der Waals surface area contributed by atoms with Gasteiger partial charge in [-0.05, 0) is 23.8 Å². The molecule has 0 fully saturated rings. The number of hydrogen-bond donors (Lipinski definition) is 1. The summed E-state index contributed by atoms with van der Waals surface area (Å²) in [6.45, 7) is -0.0816. The fourth-order valence-corrected chi connectivity index (χ4v) is 2.18. The summed E-state index contributed by atoms with van der Waals surface area (Å²) in [5.74, 6) is 1.16. The molecule has 21 heavy (non-hydrogen) atoms. The van der Waals surface area contributed by atoms with Crippen LogP contribution in [0.15, 0.2) is 40.9 Å². The van der Waals surface area contributed by atoms with Crippen LogP contribution in [0.3, 0.4) is 0 Å². The molecule has 1 N–H and O–H groups in total. The lowest BCUT2D eigenvalue weighted by molar-refractivity contribution is -0.384. The van der Waals surface area contributed by atoms with Gasteiger partial charge < -0.3 is 14.6 Å². The van der Waals surface area contributed by atoms with E-state index in [0.29, 0.717) is 16.0 Å². The maximum Gasteiger partial charge on any atom is 0.273 e. The van der Waals surface area contributed by atoms with E-state index in [0.717, 1.165) is 5.56 Å². The monoisotopic (exact) mass is 353 g/mol. The van der Waals surface area contributed by atoms with E-state index >= 15 is 0 Å². The Morgan fingerprint density at radius 3 is 2.57 bits per heavy atom. The highest BCUT2D eigenvalue weighted by molar-refractivity contribution is 9.10. The van der Waals surface area contributed by atoms with Gasteiger partial charge in [0.1, 0.15) is 5.75 Å². The number of nitro benzene ring substituents is 1. The molecule has 2 aromatic rings. The number of halogens is 1. The number of hydrogen-bond acceptors (Lipinski definition) is 5. The molecule has 0 aliphatic heterocycles. The molecule has 0 spiro atoms. The minimum Gasteiger partial charge on any atom is -0.493 e. The first-order valence-corrected chi connectivity index (χ1v) is 6.74. The molecule has 0 saturated heterocycles. The Morgan fingerprint density at radius 1 is 1.24 bits per heavy atom. The number of aliphatic hydroxyl groups excluding tert-OH is 1. The summed E-state index contributed by atoms with van der Waals surface area (Å²) in [6.07, 6.45) is 0. The molecule has 0 amide bonds. The van der Waals surface area contributed by atoms with E-state index < -0.39 is 4.92 Å². The maximum atomic E-state index is 10.7.